The van der Waals surface area contributed by atoms with E-state index in [0.717, 1.165) is 25.5 Å². The van der Waals surface area contributed by atoms with Gasteiger partial charge in [-0.3, -0.25) is 0 Å². The number of hydrogen-bond acceptors (Lipinski definition) is 4. The van der Waals surface area contributed by atoms with Crippen LogP contribution in [0.15, 0.2) is 54.7 Å². The Bertz CT molecular complexity index is 942. The van der Waals surface area contributed by atoms with Gasteiger partial charge in [0.15, 0.2) is 0 Å². The highest BCUT2D eigenvalue weighted by Crippen LogP contribution is 2.35. The molecule has 0 aliphatic carbocycles. The molecular weight excluding hydrogens is 401 g/mol. The molecule has 2 N–H and O–H groups in total. The highest BCUT2D eigenvalue weighted by atomic mass is 35.5. The van der Waals surface area contributed by atoms with Crippen LogP contribution in [0.4, 0.5) is 36.3 Å². The molecule has 0 fully saturated rings. The standard InChI is InChI=1S/C21H20ClF3N4/c1-2-3-4-14-5-9-17(10-6-14)28-20-26-13-18(21(23,24)25)19(29-20)27-16-11-7-15(22)8-12-16/h5-13H,2-4H2,1H3,(H2,26,27,28,29). The number of aromatic nitrogens is 2. The third kappa shape index (κ3) is 5.84. The third-order valence-corrected chi connectivity index (χ3v) is 4.48. The SMILES string of the molecule is CCCCc1ccc(Nc2ncc(C(F)(F)F)c(Nc3ccc(Cl)cc3)n2)cc1. The Balaban J connectivity index is 1.83. The molecule has 0 saturated heterocycles. The monoisotopic (exact) mass is 420 g/mol. The Morgan fingerprint density at radius 2 is 1.55 bits per heavy atom. The highest BCUT2D eigenvalue weighted by molar-refractivity contribution is 6.30. The van der Waals surface area contributed by atoms with Gasteiger partial charge in [-0.05, 0) is 54.8 Å². The first-order valence-electron chi connectivity index (χ1n) is 9.18. The van der Waals surface area contributed by atoms with Gasteiger partial charge < -0.3 is 10.6 Å². The highest BCUT2D eigenvalue weighted by Gasteiger charge is 2.35. The van der Waals surface area contributed by atoms with Gasteiger partial charge in [0.1, 0.15) is 11.4 Å². The van der Waals surface area contributed by atoms with Crippen molar-refractivity contribution in [3.05, 3.63) is 70.9 Å². The summed E-state index contributed by atoms with van der Waals surface area (Å²) >= 11 is 5.83. The van der Waals surface area contributed by atoms with E-state index < -0.39 is 11.7 Å². The molecule has 29 heavy (non-hydrogen) atoms. The molecule has 0 aliphatic heterocycles. The molecule has 2 aromatic carbocycles. The molecule has 8 heteroatoms. The van der Waals surface area contributed by atoms with Gasteiger partial charge in [-0.1, -0.05) is 37.1 Å². The predicted octanol–water partition coefficient (Wildman–Crippen LogP) is 6.98. The van der Waals surface area contributed by atoms with Gasteiger partial charge >= 0.3 is 6.18 Å². The van der Waals surface area contributed by atoms with Crippen molar-refractivity contribution >= 4 is 34.7 Å². The van der Waals surface area contributed by atoms with Crippen molar-refractivity contribution in [3.8, 4) is 0 Å². The molecule has 3 aromatic rings. The van der Waals surface area contributed by atoms with Crippen LogP contribution in [0.2, 0.25) is 5.02 Å². The number of anilines is 4. The molecule has 152 valence electrons. The summed E-state index contributed by atoms with van der Waals surface area (Å²) in [5.41, 5.74) is 1.39. The van der Waals surface area contributed by atoms with Crippen LogP contribution in [0, 0.1) is 0 Å². The van der Waals surface area contributed by atoms with Gasteiger partial charge in [-0.25, -0.2) is 4.98 Å². The topological polar surface area (TPSA) is 49.8 Å². The first-order chi connectivity index (χ1) is 13.8. The zero-order chi connectivity index (χ0) is 20.9. The van der Waals surface area contributed by atoms with E-state index in [1.165, 1.54) is 5.56 Å². The second kappa shape index (κ2) is 9.13. The van der Waals surface area contributed by atoms with Crippen LogP contribution in [-0.2, 0) is 12.6 Å². The van der Waals surface area contributed by atoms with E-state index in [4.69, 9.17) is 11.6 Å². The minimum Gasteiger partial charge on any atom is -0.340 e. The van der Waals surface area contributed by atoms with Gasteiger partial charge in [-0.2, -0.15) is 18.2 Å². The summed E-state index contributed by atoms with van der Waals surface area (Å²) < 4.78 is 40.1. The molecule has 1 heterocycles. The minimum atomic E-state index is -4.59. The molecule has 1 aromatic heterocycles. The quantitative estimate of drug-likeness (QED) is 0.433. The van der Waals surface area contributed by atoms with Crippen molar-refractivity contribution in [2.24, 2.45) is 0 Å². The van der Waals surface area contributed by atoms with E-state index in [1.807, 2.05) is 24.3 Å². The van der Waals surface area contributed by atoms with E-state index >= 15 is 0 Å². The van der Waals surface area contributed by atoms with Crippen LogP contribution in [0.25, 0.3) is 0 Å². The number of nitrogens with one attached hydrogen (secondary N) is 2. The lowest BCUT2D eigenvalue weighted by atomic mass is 10.1. The first-order valence-corrected chi connectivity index (χ1v) is 9.55. The van der Waals surface area contributed by atoms with Crippen LogP contribution in [0.5, 0.6) is 0 Å². The summed E-state index contributed by atoms with van der Waals surface area (Å²) in [6.07, 6.45) is -0.614. The molecule has 0 amide bonds. The fourth-order valence-electron chi connectivity index (χ4n) is 2.68. The minimum absolute atomic E-state index is 0.0655. The van der Waals surface area contributed by atoms with Gasteiger partial charge in [0.2, 0.25) is 5.95 Å². The van der Waals surface area contributed by atoms with E-state index in [2.05, 4.69) is 27.5 Å². The number of unbranched alkanes of at least 4 members (excludes halogenated alkanes) is 1. The van der Waals surface area contributed by atoms with Crippen molar-refractivity contribution in [1.82, 2.24) is 9.97 Å². The lowest BCUT2D eigenvalue weighted by molar-refractivity contribution is -0.137. The molecule has 0 saturated carbocycles. The molecule has 0 unspecified atom stereocenters. The van der Waals surface area contributed by atoms with E-state index in [0.29, 0.717) is 16.4 Å². The summed E-state index contributed by atoms with van der Waals surface area (Å²) in [5, 5.41) is 6.13. The van der Waals surface area contributed by atoms with Gasteiger partial charge in [0, 0.05) is 22.6 Å². The molecule has 0 aliphatic rings. The zero-order valence-electron chi connectivity index (χ0n) is 15.7. The van der Waals surface area contributed by atoms with Crippen LogP contribution in [0.1, 0.15) is 30.9 Å². The summed E-state index contributed by atoms with van der Waals surface area (Å²) in [7, 11) is 0. The molecular formula is C21H20ClF3N4. The molecule has 0 bridgehead atoms. The summed E-state index contributed by atoms with van der Waals surface area (Å²) in [4.78, 5) is 7.86. The molecule has 4 nitrogen and oxygen atoms in total. The Labute approximate surface area is 172 Å². The van der Waals surface area contributed by atoms with Crippen molar-refractivity contribution in [1.29, 1.82) is 0 Å². The molecule has 0 spiro atoms. The third-order valence-electron chi connectivity index (χ3n) is 4.23. The first kappa shape index (κ1) is 20.9. The van der Waals surface area contributed by atoms with E-state index in [-0.39, 0.29) is 11.8 Å². The van der Waals surface area contributed by atoms with Crippen molar-refractivity contribution in [2.45, 2.75) is 32.4 Å². The maximum atomic E-state index is 13.4. The van der Waals surface area contributed by atoms with Crippen LogP contribution < -0.4 is 10.6 Å². The molecule has 3 rings (SSSR count). The van der Waals surface area contributed by atoms with Crippen molar-refractivity contribution in [2.75, 3.05) is 10.6 Å². The lowest BCUT2D eigenvalue weighted by Crippen LogP contribution is -2.12. The summed E-state index contributed by atoms with van der Waals surface area (Å²) in [5.74, 6) is -0.271. The number of nitrogens with zero attached hydrogens (tertiary/aromatic N) is 2. The normalized spacial score (nSPS) is 11.3. The average Bonchev–Trinajstić information content (AvgIpc) is 2.68. The fraction of sp³-hybridized carbons (Fsp3) is 0.238. The van der Waals surface area contributed by atoms with Crippen LogP contribution in [0.3, 0.4) is 0 Å². The number of rotatable bonds is 7. The predicted molar refractivity (Wildman–Crippen MR) is 110 cm³/mol. The number of hydrogen-bond donors (Lipinski definition) is 2. The Kier molecular flexibility index (Phi) is 6.59. The largest absolute Gasteiger partial charge is 0.421 e. The maximum Gasteiger partial charge on any atom is 0.421 e. The Morgan fingerprint density at radius 3 is 2.17 bits per heavy atom. The molecule has 0 atom stereocenters. The Morgan fingerprint density at radius 1 is 0.931 bits per heavy atom. The van der Waals surface area contributed by atoms with Crippen LogP contribution >= 0.6 is 11.6 Å². The number of halogens is 4. The van der Waals surface area contributed by atoms with Crippen molar-refractivity contribution in [3.63, 3.8) is 0 Å². The van der Waals surface area contributed by atoms with Crippen LogP contribution in [-0.4, -0.2) is 9.97 Å². The average molecular weight is 421 g/mol. The van der Waals surface area contributed by atoms with Crippen molar-refractivity contribution < 1.29 is 13.2 Å². The Hall–Kier alpha value is -2.80. The fourth-order valence-corrected chi connectivity index (χ4v) is 2.81. The van der Waals surface area contributed by atoms with E-state index in [9.17, 15) is 13.2 Å². The number of benzene rings is 2. The smallest absolute Gasteiger partial charge is 0.340 e. The van der Waals surface area contributed by atoms with Gasteiger partial charge in [0.25, 0.3) is 0 Å². The maximum absolute atomic E-state index is 13.4. The zero-order valence-corrected chi connectivity index (χ0v) is 16.5. The second-order valence-electron chi connectivity index (χ2n) is 6.51. The lowest BCUT2D eigenvalue weighted by Gasteiger charge is -2.15. The number of alkyl halides is 3. The van der Waals surface area contributed by atoms with Gasteiger partial charge in [-0.15, -0.1) is 0 Å². The van der Waals surface area contributed by atoms with E-state index in [1.54, 1.807) is 24.3 Å². The number of aryl methyl sites for hydroxylation is 1. The summed E-state index contributed by atoms with van der Waals surface area (Å²) in [6.45, 7) is 2.13. The second-order valence-corrected chi connectivity index (χ2v) is 6.95. The van der Waals surface area contributed by atoms with Gasteiger partial charge in [0.05, 0.1) is 0 Å². The summed E-state index contributed by atoms with van der Waals surface area (Å²) in [6, 6.07) is 14.0. The molecule has 0 radical (unpaired) electrons.